The van der Waals surface area contributed by atoms with Gasteiger partial charge in [0.2, 0.25) is 11.7 Å². The number of nitrogens with zero attached hydrogens (tertiary/aromatic N) is 2. The molecule has 18 heavy (non-hydrogen) atoms. The molecule has 0 aliphatic carbocycles. The van der Waals surface area contributed by atoms with Crippen molar-refractivity contribution in [3.05, 3.63) is 23.4 Å². The summed E-state index contributed by atoms with van der Waals surface area (Å²) >= 11 is 1.64. The second-order valence-electron chi connectivity index (χ2n) is 4.32. The molecule has 1 aliphatic heterocycles. The van der Waals surface area contributed by atoms with Crippen LogP contribution >= 0.6 is 23.7 Å². The molecule has 2 aromatic rings. The molecule has 0 aromatic carbocycles. The van der Waals surface area contributed by atoms with E-state index in [0.29, 0.717) is 6.04 Å². The van der Waals surface area contributed by atoms with E-state index in [4.69, 9.17) is 4.52 Å². The van der Waals surface area contributed by atoms with E-state index in [1.165, 1.54) is 12.8 Å². The zero-order valence-electron chi connectivity index (χ0n) is 9.96. The van der Waals surface area contributed by atoms with Gasteiger partial charge in [-0.25, -0.2) is 0 Å². The molecule has 6 heteroatoms. The van der Waals surface area contributed by atoms with Gasteiger partial charge in [0.05, 0.1) is 4.88 Å². The molecule has 3 rings (SSSR count). The Balaban J connectivity index is 0.00000120. The Hall–Kier alpha value is -0.910. The summed E-state index contributed by atoms with van der Waals surface area (Å²) < 4.78 is 5.27. The summed E-state index contributed by atoms with van der Waals surface area (Å²) in [5.41, 5.74) is 0. The van der Waals surface area contributed by atoms with Gasteiger partial charge in [-0.05, 0) is 37.3 Å². The first-order valence-electron chi connectivity index (χ1n) is 6.01. The fourth-order valence-electron chi connectivity index (χ4n) is 2.16. The van der Waals surface area contributed by atoms with Gasteiger partial charge in [-0.2, -0.15) is 4.98 Å². The van der Waals surface area contributed by atoms with Gasteiger partial charge >= 0.3 is 0 Å². The summed E-state index contributed by atoms with van der Waals surface area (Å²) in [4.78, 5) is 5.49. The summed E-state index contributed by atoms with van der Waals surface area (Å²) in [6.07, 6.45) is 4.52. The quantitative estimate of drug-likeness (QED) is 0.938. The predicted octanol–water partition coefficient (Wildman–Crippen LogP) is 2.90. The molecule has 1 fully saturated rings. The minimum Gasteiger partial charge on any atom is -0.339 e. The lowest BCUT2D eigenvalue weighted by Gasteiger charge is -2.06. The van der Waals surface area contributed by atoms with E-state index in [1.54, 1.807) is 11.3 Å². The Morgan fingerprint density at radius 1 is 1.50 bits per heavy atom. The third-order valence-electron chi connectivity index (χ3n) is 3.08. The predicted molar refractivity (Wildman–Crippen MR) is 74.2 cm³/mol. The number of thiophene rings is 1. The minimum absolute atomic E-state index is 0. The number of hydrogen-bond acceptors (Lipinski definition) is 5. The number of nitrogens with one attached hydrogen (secondary N) is 1. The number of hydrogen-bond donors (Lipinski definition) is 1. The van der Waals surface area contributed by atoms with Gasteiger partial charge in [-0.3, -0.25) is 0 Å². The van der Waals surface area contributed by atoms with E-state index in [-0.39, 0.29) is 12.4 Å². The maximum absolute atomic E-state index is 5.27. The van der Waals surface area contributed by atoms with Crippen molar-refractivity contribution in [3.8, 4) is 10.7 Å². The first-order valence-corrected chi connectivity index (χ1v) is 6.89. The second-order valence-corrected chi connectivity index (χ2v) is 5.27. The van der Waals surface area contributed by atoms with Gasteiger partial charge in [0, 0.05) is 12.5 Å². The van der Waals surface area contributed by atoms with Gasteiger partial charge in [0.25, 0.3) is 0 Å². The Bertz CT molecular complexity index is 465. The summed E-state index contributed by atoms with van der Waals surface area (Å²) in [7, 11) is 0. The molecular weight excluding hydrogens is 270 g/mol. The molecule has 1 atom stereocenters. The lowest BCUT2D eigenvalue weighted by molar-refractivity contribution is 0.369. The van der Waals surface area contributed by atoms with Crippen LogP contribution in [0.1, 0.15) is 25.2 Å². The zero-order chi connectivity index (χ0) is 11.5. The second kappa shape index (κ2) is 6.31. The average Bonchev–Trinajstić information content (AvgIpc) is 3.09. The van der Waals surface area contributed by atoms with Crippen molar-refractivity contribution in [2.45, 2.75) is 31.7 Å². The molecule has 2 aromatic heterocycles. The van der Waals surface area contributed by atoms with Crippen molar-refractivity contribution in [2.75, 3.05) is 6.54 Å². The molecule has 1 saturated heterocycles. The van der Waals surface area contributed by atoms with Crippen molar-refractivity contribution in [3.63, 3.8) is 0 Å². The van der Waals surface area contributed by atoms with Crippen LogP contribution in [0.2, 0.25) is 0 Å². The van der Waals surface area contributed by atoms with E-state index in [1.807, 2.05) is 17.5 Å². The Labute approximate surface area is 116 Å². The molecule has 3 heterocycles. The molecule has 0 amide bonds. The maximum atomic E-state index is 5.27. The zero-order valence-corrected chi connectivity index (χ0v) is 11.6. The number of aryl methyl sites for hydroxylation is 1. The summed E-state index contributed by atoms with van der Waals surface area (Å²) in [6.45, 7) is 1.15. The molecule has 98 valence electrons. The van der Waals surface area contributed by atoms with E-state index >= 15 is 0 Å². The molecule has 1 aliphatic rings. The van der Waals surface area contributed by atoms with E-state index in [9.17, 15) is 0 Å². The number of rotatable bonds is 4. The maximum Gasteiger partial charge on any atom is 0.227 e. The lowest BCUT2D eigenvalue weighted by Crippen LogP contribution is -2.21. The monoisotopic (exact) mass is 285 g/mol. The van der Waals surface area contributed by atoms with Crippen LogP contribution in [0.5, 0.6) is 0 Å². The van der Waals surface area contributed by atoms with E-state index in [2.05, 4.69) is 15.5 Å². The summed E-state index contributed by atoms with van der Waals surface area (Å²) in [6, 6.07) is 4.64. The van der Waals surface area contributed by atoms with Crippen molar-refractivity contribution >= 4 is 23.7 Å². The Morgan fingerprint density at radius 2 is 2.44 bits per heavy atom. The molecule has 0 bridgehead atoms. The van der Waals surface area contributed by atoms with Gasteiger partial charge in [-0.1, -0.05) is 11.2 Å². The molecular formula is C12H16ClN3OS. The molecule has 0 radical (unpaired) electrons. The highest BCUT2D eigenvalue weighted by molar-refractivity contribution is 7.13. The van der Waals surface area contributed by atoms with Crippen LogP contribution in [0, 0.1) is 0 Å². The summed E-state index contributed by atoms with van der Waals surface area (Å²) in [5, 5.41) is 9.50. The topological polar surface area (TPSA) is 51.0 Å². The third-order valence-corrected chi connectivity index (χ3v) is 3.94. The minimum atomic E-state index is 0. The van der Waals surface area contributed by atoms with Crippen LogP contribution < -0.4 is 5.32 Å². The summed E-state index contributed by atoms with van der Waals surface area (Å²) in [5.74, 6) is 1.47. The van der Waals surface area contributed by atoms with Crippen molar-refractivity contribution in [1.82, 2.24) is 15.5 Å². The standard InChI is InChI=1S/C12H15N3OS.ClH/c1-3-9(13-7-1)5-6-11-14-12(15-16-11)10-4-2-8-17-10;/h2,4,8-9,13H,1,3,5-7H2;1H. The van der Waals surface area contributed by atoms with Gasteiger partial charge in [0.1, 0.15) is 0 Å². The first-order chi connectivity index (χ1) is 8.42. The Morgan fingerprint density at radius 3 is 3.17 bits per heavy atom. The molecule has 1 N–H and O–H groups in total. The number of aromatic nitrogens is 2. The smallest absolute Gasteiger partial charge is 0.227 e. The molecule has 1 unspecified atom stereocenters. The number of halogens is 1. The van der Waals surface area contributed by atoms with Crippen molar-refractivity contribution < 1.29 is 4.52 Å². The van der Waals surface area contributed by atoms with Gasteiger partial charge in [-0.15, -0.1) is 23.7 Å². The van der Waals surface area contributed by atoms with Crippen molar-refractivity contribution in [2.24, 2.45) is 0 Å². The van der Waals surface area contributed by atoms with Crippen LogP contribution in [0.15, 0.2) is 22.0 Å². The van der Waals surface area contributed by atoms with E-state index in [0.717, 1.165) is 36.0 Å². The average molecular weight is 286 g/mol. The lowest BCUT2D eigenvalue weighted by atomic mass is 10.1. The highest BCUT2D eigenvalue weighted by Gasteiger charge is 2.16. The first kappa shape index (κ1) is 13.5. The normalized spacial score (nSPS) is 18.8. The van der Waals surface area contributed by atoms with Crippen LogP contribution in [-0.2, 0) is 6.42 Å². The molecule has 0 spiro atoms. The highest BCUT2D eigenvalue weighted by atomic mass is 35.5. The van der Waals surface area contributed by atoms with Crippen LogP contribution in [-0.4, -0.2) is 22.7 Å². The van der Waals surface area contributed by atoms with Gasteiger partial charge < -0.3 is 9.84 Å². The van der Waals surface area contributed by atoms with Crippen LogP contribution in [0.25, 0.3) is 10.7 Å². The highest BCUT2D eigenvalue weighted by Crippen LogP contribution is 2.22. The SMILES string of the molecule is Cl.c1csc(-c2noc(CCC3CCCN3)n2)c1. The van der Waals surface area contributed by atoms with Gasteiger partial charge in [0.15, 0.2) is 0 Å². The van der Waals surface area contributed by atoms with Crippen LogP contribution in [0.4, 0.5) is 0 Å². The fourth-order valence-corrected chi connectivity index (χ4v) is 2.81. The Kier molecular flexibility index (Phi) is 4.74. The van der Waals surface area contributed by atoms with E-state index < -0.39 is 0 Å². The van der Waals surface area contributed by atoms with Crippen molar-refractivity contribution in [1.29, 1.82) is 0 Å². The fraction of sp³-hybridized carbons (Fsp3) is 0.500. The van der Waals surface area contributed by atoms with Crippen LogP contribution in [0.3, 0.4) is 0 Å². The third kappa shape index (κ3) is 3.10. The molecule has 4 nitrogen and oxygen atoms in total. The molecule has 0 saturated carbocycles. The largest absolute Gasteiger partial charge is 0.339 e.